The Kier molecular flexibility index (Phi) is 7.75. The number of aryl methyl sites for hydroxylation is 3. The van der Waals surface area contributed by atoms with Crippen LogP contribution in [-0.2, 0) is 10.9 Å². The first-order chi connectivity index (χ1) is 14.3. The summed E-state index contributed by atoms with van der Waals surface area (Å²) in [5.74, 6) is 1.64. The van der Waals surface area contributed by atoms with Crippen LogP contribution in [0, 0.1) is 38.5 Å². The molecule has 1 unspecified atom stereocenters. The van der Waals surface area contributed by atoms with E-state index in [2.05, 4.69) is 65.8 Å². The normalized spacial score (nSPS) is 22.7. The van der Waals surface area contributed by atoms with Crippen LogP contribution in [0.4, 0.5) is 4.79 Å². The molecule has 0 saturated heterocycles. The molecule has 3 rings (SSSR count). The first-order valence-corrected chi connectivity index (χ1v) is 12.9. The molecule has 0 heterocycles. The quantitative estimate of drug-likeness (QED) is 0.448. The van der Waals surface area contributed by atoms with E-state index >= 15 is 0 Å². The molecule has 2 nitrogen and oxygen atoms in total. The fraction of sp³-hybridized carbons (Fsp3) is 0.519. The van der Waals surface area contributed by atoms with Gasteiger partial charge < -0.3 is 4.74 Å². The molecule has 0 spiro atoms. The van der Waals surface area contributed by atoms with E-state index in [0.29, 0.717) is 17.8 Å². The molecule has 1 aliphatic rings. The van der Waals surface area contributed by atoms with Gasteiger partial charge in [-0.25, -0.2) is 4.79 Å². The summed E-state index contributed by atoms with van der Waals surface area (Å²) in [5.41, 5.74) is 5.12. The fourth-order valence-electron chi connectivity index (χ4n) is 4.93. The summed E-state index contributed by atoms with van der Waals surface area (Å²) in [4.78, 5) is 13.6. The minimum absolute atomic E-state index is 0.000301. The number of rotatable bonds is 6. The average Bonchev–Trinajstić information content (AvgIpc) is 2.67. The lowest BCUT2D eigenvalue weighted by Crippen LogP contribution is -2.35. The molecule has 1 fully saturated rings. The van der Waals surface area contributed by atoms with Gasteiger partial charge in [0.2, 0.25) is 0 Å². The van der Waals surface area contributed by atoms with Gasteiger partial charge >= 0.3 is 5.71 Å². The molecular formula is C27H37O2P. The minimum Gasteiger partial charge on any atom is -0.459 e. The van der Waals surface area contributed by atoms with Crippen molar-refractivity contribution in [2.45, 2.75) is 73.1 Å². The molecule has 162 valence electrons. The van der Waals surface area contributed by atoms with Gasteiger partial charge in [0, 0.05) is 14.1 Å². The molecule has 0 bridgehead atoms. The largest absolute Gasteiger partial charge is 0.459 e. The van der Waals surface area contributed by atoms with Crippen LogP contribution in [0.5, 0.6) is 0 Å². The summed E-state index contributed by atoms with van der Waals surface area (Å²) < 4.78 is 6.32. The van der Waals surface area contributed by atoms with Crippen molar-refractivity contribution in [3.05, 3.63) is 64.7 Å². The summed E-state index contributed by atoms with van der Waals surface area (Å²) >= 11 is 0. The van der Waals surface area contributed by atoms with E-state index in [9.17, 15) is 4.79 Å². The summed E-state index contributed by atoms with van der Waals surface area (Å²) in [6.45, 7) is 13.3. The molecule has 3 heteroatoms. The van der Waals surface area contributed by atoms with Crippen molar-refractivity contribution in [1.82, 2.24) is 0 Å². The van der Waals surface area contributed by atoms with Gasteiger partial charge in [-0.3, -0.25) is 0 Å². The van der Waals surface area contributed by atoms with Crippen LogP contribution in [0.3, 0.4) is 0 Å². The maximum absolute atomic E-state index is 13.6. The lowest BCUT2D eigenvalue weighted by molar-refractivity contribution is 0.0181. The van der Waals surface area contributed by atoms with E-state index in [1.807, 2.05) is 18.2 Å². The second kappa shape index (κ2) is 10.1. The molecule has 4 atom stereocenters. The highest BCUT2D eigenvalue weighted by atomic mass is 31.1. The van der Waals surface area contributed by atoms with Crippen molar-refractivity contribution in [3.63, 3.8) is 0 Å². The Morgan fingerprint density at radius 1 is 1.07 bits per heavy atom. The smallest absolute Gasteiger partial charge is 0.331 e. The van der Waals surface area contributed by atoms with Crippen molar-refractivity contribution >= 4 is 18.9 Å². The molecule has 0 aliphatic heterocycles. The van der Waals surface area contributed by atoms with Crippen LogP contribution in [0.1, 0.15) is 62.3 Å². The molecular weight excluding hydrogens is 387 g/mol. The zero-order chi connectivity index (χ0) is 21.8. The molecule has 30 heavy (non-hydrogen) atoms. The van der Waals surface area contributed by atoms with Crippen molar-refractivity contribution in [2.75, 3.05) is 0 Å². The Morgan fingerprint density at radius 2 is 1.70 bits per heavy atom. The predicted octanol–water partition coefficient (Wildman–Crippen LogP) is 7.52. The van der Waals surface area contributed by atoms with E-state index in [1.165, 1.54) is 28.7 Å². The lowest BCUT2D eigenvalue weighted by Gasteiger charge is -2.37. The third kappa shape index (κ3) is 5.52. The van der Waals surface area contributed by atoms with Crippen LogP contribution in [0.15, 0.2) is 42.5 Å². The monoisotopic (exact) mass is 424 g/mol. The predicted molar refractivity (Wildman–Crippen MR) is 129 cm³/mol. The maximum atomic E-state index is 13.6. The van der Waals surface area contributed by atoms with Gasteiger partial charge in [0.1, 0.15) is 6.10 Å². The first-order valence-electron chi connectivity index (χ1n) is 11.4. The molecule has 1 saturated carbocycles. The van der Waals surface area contributed by atoms with E-state index in [1.54, 1.807) is 0 Å². The van der Waals surface area contributed by atoms with Gasteiger partial charge in [0.25, 0.3) is 0 Å². The zero-order valence-electron chi connectivity index (χ0n) is 19.4. The number of hydrogen-bond acceptors (Lipinski definition) is 2. The van der Waals surface area contributed by atoms with Gasteiger partial charge in [0.05, 0.1) is 0 Å². The van der Waals surface area contributed by atoms with Crippen LogP contribution >= 0.6 is 7.92 Å². The van der Waals surface area contributed by atoms with Crippen LogP contribution in [0.2, 0.25) is 0 Å². The van der Waals surface area contributed by atoms with Crippen LogP contribution in [-0.4, -0.2) is 11.8 Å². The van der Waals surface area contributed by atoms with Gasteiger partial charge in [-0.05, 0) is 73.4 Å². The summed E-state index contributed by atoms with van der Waals surface area (Å²) in [7, 11) is -1.07. The minimum atomic E-state index is -1.07. The van der Waals surface area contributed by atoms with E-state index < -0.39 is 7.92 Å². The van der Waals surface area contributed by atoms with Gasteiger partial charge in [-0.15, -0.1) is 0 Å². The fourth-order valence-corrected chi connectivity index (χ4v) is 7.06. The van der Waals surface area contributed by atoms with E-state index in [4.69, 9.17) is 4.74 Å². The van der Waals surface area contributed by atoms with Crippen molar-refractivity contribution in [1.29, 1.82) is 0 Å². The standard InChI is InChI=1S/C27H37O2P/c1-18(2)24-13-12-19(3)16-26(24)29-27(28)30(23-10-8-7-9-11-23)17-25-21(5)14-20(4)15-22(25)6/h7-11,14-15,18-19,24,26H,12-13,16-17H2,1-6H3/t19-,24+,26-,30?/m1/s1. The van der Waals surface area contributed by atoms with Gasteiger partial charge in [-0.1, -0.05) is 75.2 Å². The molecule has 0 N–H and O–H groups in total. The second-order valence-electron chi connectivity index (χ2n) is 9.55. The highest BCUT2D eigenvalue weighted by Gasteiger charge is 2.35. The van der Waals surface area contributed by atoms with Crippen molar-refractivity contribution in [3.8, 4) is 0 Å². The summed E-state index contributed by atoms with van der Waals surface area (Å²) in [6.07, 6.45) is 4.21. The van der Waals surface area contributed by atoms with Crippen molar-refractivity contribution < 1.29 is 9.53 Å². The van der Waals surface area contributed by atoms with Gasteiger partial charge in [-0.2, -0.15) is 0 Å². The van der Waals surface area contributed by atoms with Crippen LogP contribution < -0.4 is 5.30 Å². The topological polar surface area (TPSA) is 26.3 Å². The Labute approximate surface area is 184 Å². The Hall–Kier alpha value is -1.66. The number of benzene rings is 2. The molecule has 0 radical (unpaired) electrons. The number of hydrogen-bond donors (Lipinski definition) is 0. The van der Waals surface area contributed by atoms with E-state index in [0.717, 1.165) is 24.3 Å². The second-order valence-corrected chi connectivity index (χ2v) is 11.6. The van der Waals surface area contributed by atoms with Crippen LogP contribution in [0.25, 0.3) is 0 Å². The Balaban J connectivity index is 1.88. The molecule has 2 aromatic rings. The van der Waals surface area contributed by atoms with Crippen molar-refractivity contribution in [2.24, 2.45) is 17.8 Å². The highest BCUT2D eigenvalue weighted by Crippen LogP contribution is 2.45. The number of carbonyl (C=O) groups is 1. The average molecular weight is 425 g/mol. The number of carbonyl (C=O) groups excluding carboxylic acids is 1. The highest BCUT2D eigenvalue weighted by molar-refractivity contribution is 7.80. The SMILES string of the molecule is Cc1cc(C)c(CP(C(=O)O[C@@H]2C[C@H](C)CC[C@H]2C(C)C)c2ccccc2)c(C)c1. The molecule has 1 aliphatic carbocycles. The molecule has 0 aromatic heterocycles. The molecule has 2 aromatic carbocycles. The maximum Gasteiger partial charge on any atom is 0.331 e. The Bertz CT molecular complexity index is 835. The first kappa shape index (κ1) is 23.0. The summed E-state index contributed by atoms with van der Waals surface area (Å²) in [6, 6.07) is 14.7. The Morgan fingerprint density at radius 3 is 2.30 bits per heavy atom. The lowest BCUT2D eigenvalue weighted by atomic mass is 9.75. The zero-order valence-corrected chi connectivity index (χ0v) is 20.3. The van der Waals surface area contributed by atoms with Gasteiger partial charge in [0.15, 0.2) is 0 Å². The van der Waals surface area contributed by atoms with E-state index in [-0.39, 0.29) is 11.8 Å². The summed E-state index contributed by atoms with van der Waals surface area (Å²) in [5, 5.41) is 1.11. The number of ether oxygens (including phenoxy) is 1. The molecule has 0 amide bonds. The third-order valence-corrected chi connectivity index (χ3v) is 8.76. The third-order valence-electron chi connectivity index (χ3n) is 6.66.